The summed E-state index contributed by atoms with van der Waals surface area (Å²) in [7, 11) is 0. The van der Waals surface area contributed by atoms with Crippen molar-refractivity contribution in [3.8, 4) is 0 Å². The van der Waals surface area contributed by atoms with Gasteiger partial charge in [0.1, 0.15) is 0 Å². The van der Waals surface area contributed by atoms with Crippen molar-refractivity contribution < 1.29 is 0 Å². The molecular weight excluding hydrogens is 244 g/mol. The standard InChI is InChI=1S/C18H30N2/c1-3-16-7-5-6-8-17(16)18(20-4-2)10-9-15-11-13-19-14-12-15/h11-14,16-18,20H,3-10H2,1-2H3. The fourth-order valence-electron chi connectivity index (χ4n) is 3.87. The predicted octanol–water partition coefficient (Wildman–Crippen LogP) is 4.21. The van der Waals surface area contributed by atoms with Crippen LogP contribution in [0, 0.1) is 11.8 Å². The Hall–Kier alpha value is -0.890. The summed E-state index contributed by atoms with van der Waals surface area (Å²) < 4.78 is 0. The fraction of sp³-hybridized carbons (Fsp3) is 0.722. The van der Waals surface area contributed by atoms with Crippen LogP contribution in [-0.4, -0.2) is 17.6 Å². The largest absolute Gasteiger partial charge is 0.314 e. The van der Waals surface area contributed by atoms with Crippen molar-refractivity contribution in [3.63, 3.8) is 0 Å². The molecule has 0 spiro atoms. The van der Waals surface area contributed by atoms with Crippen molar-refractivity contribution in [3.05, 3.63) is 30.1 Å². The third-order valence-corrected chi connectivity index (χ3v) is 4.97. The van der Waals surface area contributed by atoms with Crippen molar-refractivity contribution in [2.75, 3.05) is 6.54 Å². The number of hydrogen-bond acceptors (Lipinski definition) is 2. The predicted molar refractivity (Wildman–Crippen MR) is 85.8 cm³/mol. The highest BCUT2D eigenvalue weighted by Gasteiger charge is 2.29. The topological polar surface area (TPSA) is 24.9 Å². The molecule has 1 aliphatic carbocycles. The van der Waals surface area contributed by atoms with Crippen LogP contribution >= 0.6 is 0 Å². The Kier molecular flexibility index (Phi) is 6.52. The van der Waals surface area contributed by atoms with Gasteiger partial charge in [-0.15, -0.1) is 0 Å². The normalized spacial score (nSPS) is 24.5. The van der Waals surface area contributed by atoms with Gasteiger partial charge in [0, 0.05) is 18.4 Å². The van der Waals surface area contributed by atoms with E-state index in [2.05, 4.69) is 36.3 Å². The molecule has 2 rings (SSSR count). The molecule has 0 amide bonds. The van der Waals surface area contributed by atoms with E-state index >= 15 is 0 Å². The third-order valence-electron chi connectivity index (χ3n) is 4.97. The molecular formula is C18H30N2. The molecule has 1 fully saturated rings. The summed E-state index contributed by atoms with van der Waals surface area (Å²) in [5, 5.41) is 3.77. The van der Waals surface area contributed by atoms with Crippen LogP contribution < -0.4 is 5.32 Å². The zero-order valence-electron chi connectivity index (χ0n) is 13.1. The highest BCUT2D eigenvalue weighted by atomic mass is 14.9. The molecule has 1 aliphatic rings. The lowest BCUT2D eigenvalue weighted by Gasteiger charge is -2.37. The van der Waals surface area contributed by atoms with E-state index in [1.807, 2.05) is 12.4 Å². The van der Waals surface area contributed by atoms with Crippen LogP contribution in [0.25, 0.3) is 0 Å². The smallest absolute Gasteiger partial charge is 0.0270 e. The van der Waals surface area contributed by atoms with Gasteiger partial charge in [0.15, 0.2) is 0 Å². The van der Waals surface area contributed by atoms with E-state index in [4.69, 9.17) is 0 Å². The molecule has 0 radical (unpaired) electrons. The molecule has 112 valence electrons. The van der Waals surface area contributed by atoms with E-state index in [-0.39, 0.29) is 0 Å². The second-order valence-electron chi connectivity index (χ2n) is 6.17. The van der Waals surface area contributed by atoms with Crippen LogP contribution in [0.1, 0.15) is 57.9 Å². The van der Waals surface area contributed by atoms with E-state index in [9.17, 15) is 0 Å². The molecule has 0 aromatic carbocycles. The van der Waals surface area contributed by atoms with Crippen LogP contribution in [-0.2, 0) is 6.42 Å². The summed E-state index contributed by atoms with van der Waals surface area (Å²) >= 11 is 0. The average molecular weight is 274 g/mol. The second-order valence-corrected chi connectivity index (χ2v) is 6.17. The van der Waals surface area contributed by atoms with E-state index in [1.54, 1.807) is 0 Å². The quantitative estimate of drug-likeness (QED) is 0.805. The van der Waals surface area contributed by atoms with E-state index in [0.717, 1.165) is 18.4 Å². The van der Waals surface area contributed by atoms with E-state index in [0.29, 0.717) is 6.04 Å². The molecule has 0 saturated heterocycles. The van der Waals surface area contributed by atoms with E-state index < -0.39 is 0 Å². The minimum absolute atomic E-state index is 0.693. The first-order valence-corrected chi connectivity index (χ1v) is 8.47. The van der Waals surface area contributed by atoms with Gasteiger partial charge in [0.05, 0.1) is 0 Å². The van der Waals surface area contributed by atoms with Crippen molar-refractivity contribution in [1.29, 1.82) is 0 Å². The molecule has 1 aromatic rings. The summed E-state index contributed by atoms with van der Waals surface area (Å²) in [6.45, 7) is 5.70. The Bertz CT molecular complexity index is 363. The van der Waals surface area contributed by atoms with Gasteiger partial charge in [-0.25, -0.2) is 0 Å². The van der Waals surface area contributed by atoms with E-state index in [1.165, 1.54) is 50.5 Å². The third kappa shape index (κ3) is 4.31. The SMILES string of the molecule is CCNC(CCc1ccncc1)C1CCCCC1CC. The molecule has 0 aliphatic heterocycles. The number of nitrogens with one attached hydrogen (secondary N) is 1. The number of nitrogens with zero attached hydrogens (tertiary/aromatic N) is 1. The Morgan fingerprint density at radius 2 is 1.95 bits per heavy atom. The molecule has 2 heteroatoms. The number of pyridine rings is 1. The number of rotatable bonds is 7. The lowest BCUT2D eigenvalue weighted by Crippen LogP contribution is -2.41. The van der Waals surface area contributed by atoms with Crippen molar-refractivity contribution >= 4 is 0 Å². The van der Waals surface area contributed by atoms with Crippen LogP contribution in [0.15, 0.2) is 24.5 Å². The summed E-state index contributed by atoms with van der Waals surface area (Å²) in [4.78, 5) is 4.11. The summed E-state index contributed by atoms with van der Waals surface area (Å²) in [5.41, 5.74) is 1.42. The lowest BCUT2D eigenvalue weighted by molar-refractivity contribution is 0.170. The maximum atomic E-state index is 4.11. The first-order chi connectivity index (χ1) is 9.85. The van der Waals surface area contributed by atoms with Gasteiger partial charge in [-0.05, 0) is 55.3 Å². The Morgan fingerprint density at radius 3 is 2.65 bits per heavy atom. The summed E-state index contributed by atoms with van der Waals surface area (Å²) in [6, 6.07) is 5.00. The number of hydrogen-bond donors (Lipinski definition) is 1. The summed E-state index contributed by atoms with van der Waals surface area (Å²) in [5.74, 6) is 1.82. The Labute approximate surface area is 124 Å². The first-order valence-electron chi connectivity index (χ1n) is 8.47. The van der Waals surface area contributed by atoms with Crippen LogP contribution in [0.5, 0.6) is 0 Å². The van der Waals surface area contributed by atoms with Crippen LogP contribution in [0.3, 0.4) is 0 Å². The van der Waals surface area contributed by atoms with Gasteiger partial charge in [-0.1, -0.05) is 39.5 Å². The molecule has 2 nitrogen and oxygen atoms in total. The number of aryl methyl sites for hydroxylation is 1. The minimum atomic E-state index is 0.693. The molecule has 3 atom stereocenters. The van der Waals surface area contributed by atoms with Crippen molar-refractivity contribution in [2.45, 2.75) is 64.8 Å². The average Bonchev–Trinajstić information content (AvgIpc) is 2.52. The van der Waals surface area contributed by atoms with Crippen molar-refractivity contribution in [2.24, 2.45) is 11.8 Å². The fourth-order valence-corrected chi connectivity index (χ4v) is 3.87. The molecule has 1 aromatic heterocycles. The van der Waals surface area contributed by atoms with Gasteiger partial charge in [0.25, 0.3) is 0 Å². The molecule has 0 bridgehead atoms. The first kappa shape index (κ1) is 15.5. The molecule has 20 heavy (non-hydrogen) atoms. The lowest BCUT2D eigenvalue weighted by atomic mass is 9.73. The maximum absolute atomic E-state index is 4.11. The van der Waals surface area contributed by atoms with Gasteiger partial charge >= 0.3 is 0 Å². The molecule has 3 unspecified atom stereocenters. The van der Waals surface area contributed by atoms with Gasteiger partial charge in [0.2, 0.25) is 0 Å². The minimum Gasteiger partial charge on any atom is -0.314 e. The Morgan fingerprint density at radius 1 is 1.20 bits per heavy atom. The second kappa shape index (κ2) is 8.41. The molecule has 1 N–H and O–H groups in total. The highest BCUT2D eigenvalue weighted by Crippen LogP contribution is 2.35. The zero-order valence-corrected chi connectivity index (χ0v) is 13.1. The highest BCUT2D eigenvalue weighted by molar-refractivity contribution is 5.10. The van der Waals surface area contributed by atoms with Gasteiger partial charge < -0.3 is 5.32 Å². The maximum Gasteiger partial charge on any atom is 0.0270 e. The van der Waals surface area contributed by atoms with Crippen molar-refractivity contribution in [1.82, 2.24) is 10.3 Å². The van der Waals surface area contributed by atoms with Gasteiger partial charge in [-0.3, -0.25) is 4.98 Å². The Balaban J connectivity index is 1.94. The molecule has 1 heterocycles. The van der Waals surface area contributed by atoms with Crippen LogP contribution in [0.4, 0.5) is 0 Å². The van der Waals surface area contributed by atoms with Gasteiger partial charge in [-0.2, -0.15) is 0 Å². The van der Waals surface area contributed by atoms with Crippen LogP contribution in [0.2, 0.25) is 0 Å². The zero-order chi connectivity index (χ0) is 14.2. The number of aromatic nitrogens is 1. The molecule has 1 saturated carbocycles. The monoisotopic (exact) mass is 274 g/mol. The summed E-state index contributed by atoms with van der Waals surface area (Å²) in [6.07, 6.45) is 13.3.